The van der Waals surface area contributed by atoms with Gasteiger partial charge in [-0.3, -0.25) is 0 Å². The highest BCUT2D eigenvalue weighted by molar-refractivity contribution is 6.54. The number of hydrogen-bond donors (Lipinski definition) is 0. The van der Waals surface area contributed by atoms with Crippen molar-refractivity contribution in [2.75, 3.05) is 0 Å². The Morgan fingerprint density at radius 2 is 1.73 bits per heavy atom. The van der Waals surface area contributed by atoms with Crippen molar-refractivity contribution in [2.45, 2.75) is 58.7 Å². The van der Waals surface area contributed by atoms with Crippen LogP contribution in [0.5, 0.6) is 0 Å². The van der Waals surface area contributed by atoms with Crippen molar-refractivity contribution in [3.05, 3.63) is 11.5 Å². The fraction of sp³-hybridized carbons (Fsp3) is 0.833. The molecule has 15 heavy (non-hydrogen) atoms. The molecule has 1 aliphatic heterocycles. The van der Waals surface area contributed by atoms with Gasteiger partial charge in [0.1, 0.15) is 0 Å². The van der Waals surface area contributed by atoms with E-state index in [1.54, 1.807) is 0 Å². The van der Waals surface area contributed by atoms with Crippen molar-refractivity contribution in [3.8, 4) is 0 Å². The summed E-state index contributed by atoms with van der Waals surface area (Å²) in [5.41, 5.74) is 0.926. The van der Waals surface area contributed by atoms with E-state index in [0.29, 0.717) is 5.92 Å². The molecule has 0 amide bonds. The van der Waals surface area contributed by atoms with E-state index >= 15 is 0 Å². The van der Waals surface area contributed by atoms with Gasteiger partial charge in [-0.15, -0.1) is 0 Å². The molecule has 1 aliphatic carbocycles. The molecule has 1 saturated heterocycles. The zero-order valence-electron chi connectivity index (χ0n) is 10.5. The molecule has 0 radical (unpaired) electrons. The summed E-state index contributed by atoms with van der Waals surface area (Å²) in [5, 5.41) is 0. The molecule has 0 aromatic rings. The Morgan fingerprint density at radius 1 is 1.20 bits per heavy atom. The molecular formula is C12H21BO2. The van der Waals surface area contributed by atoms with Crippen LogP contribution in [0.25, 0.3) is 0 Å². The lowest BCUT2D eigenvalue weighted by Gasteiger charge is -2.32. The molecule has 1 unspecified atom stereocenters. The van der Waals surface area contributed by atoms with Gasteiger partial charge in [-0.2, -0.15) is 0 Å². The number of hydrogen-bond acceptors (Lipinski definition) is 2. The SMILES string of the molecule is CC1CCC=C1B1OC(C)(C)C(C)(C)O1. The topological polar surface area (TPSA) is 18.5 Å². The van der Waals surface area contributed by atoms with Crippen LogP contribution in [0, 0.1) is 5.92 Å². The predicted molar refractivity (Wildman–Crippen MR) is 62.6 cm³/mol. The average Bonchev–Trinajstić information content (AvgIpc) is 2.55. The lowest BCUT2D eigenvalue weighted by atomic mass is 9.73. The van der Waals surface area contributed by atoms with Crippen molar-refractivity contribution in [3.63, 3.8) is 0 Å². The minimum Gasteiger partial charge on any atom is -0.400 e. The monoisotopic (exact) mass is 208 g/mol. The third-order valence-electron chi connectivity index (χ3n) is 4.07. The van der Waals surface area contributed by atoms with Crippen molar-refractivity contribution in [1.29, 1.82) is 0 Å². The van der Waals surface area contributed by atoms with E-state index in [9.17, 15) is 0 Å². The molecule has 2 rings (SSSR count). The van der Waals surface area contributed by atoms with E-state index in [2.05, 4.69) is 40.7 Å². The Labute approximate surface area is 93.2 Å². The van der Waals surface area contributed by atoms with Gasteiger partial charge in [-0.05, 0) is 51.9 Å². The summed E-state index contributed by atoms with van der Waals surface area (Å²) in [7, 11) is -0.118. The highest BCUT2D eigenvalue weighted by Crippen LogP contribution is 2.41. The second kappa shape index (κ2) is 3.36. The molecule has 0 spiro atoms. The quantitative estimate of drug-likeness (QED) is 0.616. The van der Waals surface area contributed by atoms with Crippen LogP contribution in [0.15, 0.2) is 11.5 Å². The summed E-state index contributed by atoms with van der Waals surface area (Å²) < 4.78 is 12.1. The predicted octanol–water partition coefficient (Wildman–Crippen LogP) is 2.97. The molecule has 0 N–H and O–H groups in total. The van der Waals surface area contributed by atoms with Gasteiger partial charge < -0.3 is 9.31 Å². The minimum atomic E-state index is -0.208. The molecule has 0 bridgehead atoms. The van der Waals surface area contributed by atoms with Crippen LogP contribution < -0.4 is 0 Å². The molecule has 1 atom stereocenters. The van der Waals surface area contributed by atoms with Gasteiger partial charge in [0.2, 0.25) is 0 Å². The standard InChI is InChI=1S/C12H21BO2/c1-9-7-6-8-10(9)13-14-11(2,3)12(4,5)15-13/h8-9H,6-7H2,1-5H3. The molecule has 2 aliphatic rings. The van der Waals surface area contributed by atoms with Gasteiger partial charge in [-0.1, -0.05) is 13.0 Å². The van der Waals surface area contributed by atoms with E-state index in [1.165, 1.54) is 18.3 Å². The summed E-state index contributed by atoms with van der Waals surface area (Å²) >= 11 is 0. The van der Waals surface area contributed by atoms with Crippen LogP contribution in [0.2, 0.25) is 0 Å². The first-order valence-corrected chi connectivity index (χ1v) is 5.89. The van der Waals surface area contributed by atoms with E-state index in [0.717, 1.165) is 0 Å². The average molecular weight is 208 g/mol. The fourth-order valence-electron chi connectivity index (χ4n) is 2.18. The highest BCUT2D eigenvalue weighted by Gasteiger charge is 2.53. The molecule has 1 fully saturated rings. The minimum absolute atomic E-state index is 0.118. The van der Waals surface area contributed by atoms with Gasteiger partial charge in [0.05, 0.1) is 11.2 Å². The largest absolute Gasteiger partial charge is 0.490 e. The van der Waals surface area contributed by atoms with Gasteiger partial charge in [0.15, 0.2) is 0 Å². The van der Waals surface area contributed by atoms with Crippen molar-refractivity contribution >= 4 is 7.12 Å². The zero-order valence-corrected chi connectivity index (χ0v) is 10.5. The van der Waals surface area contributed by atoms with E-state index in [4.69, 9.17) is 9.31 Å². The van der Waals surface area contributed by atoms with Crippen LogP contribution in [0.1, 0.15) is 47.5 Å². The first-order chi connectivity index (χ1) is 6.83. The smallest absolute Gasteiger partial charge is 0.400 e. The maximum absolute atomic E-state index is 6.03. The Bertz CT molecular complexity index is 278. The van der Waals surface area contributed by atoms with Gasteiger partial charge >= 0.3 is 7.12 Å². The third-order valence-corrected chi connectivity index (χ3v) is 4.07. The second-order valence-electron chi connectivity index (χ2n) is 5.77. The zero-order chi connectivity index (χ0) is 11.3. The molecule has 0 aromatic heterocycles. The Hall–Kier alpha value is -0.275. The van der Waals surface area contributed by atoms with Crippen LogP contribution in [-0.2, 0) is 9.31 Å². The van der Waals surface area contributed by atoms with Crippen LogP contribution in [0.4, 0.5) is 0 Å². The summed E-state index contributed by atoms with van der Waals surface area (Å²) in [6, 6.07) is 0. The van der Waals surface area contributed by atoms with Gasteiger partial charge in [0, 0.05) is 0 Å². The Morgan fingerprint density at radius 3 is 2.13 bits per heavy atom. The normalized spacial score (nSPS) is 33.3. The van der Waals surface area contributed by atoms with E-state index in [-0.39, 0.29) is 18.3 Å². The molecule has 0 saturated carbocycles. The van der Waals surface area contributed by atoms with E-state index < -0.39 is 0 Å². The number of allylic oxidation sites excluding steroid dienone is 2. The molecule has 0 aromatic carbocycles. The van der Waals surface area contributed by atoms with Crippen LogP contribution in [0.3, 0.4) is 0 Å². The fourth-order valence-corrected chi connectivity index (χ4v) is 2.18. The maximum Gasteiger partial charge on any atom is 0.490 e. The second-order valence-corrected chi connectivity index (χ2v) is 5.77. The van der Waals surface area contributed by atoms with Crippen molar-refractivity contribution < 1.29 is 9.31 Å². The van der Waals surface area contributed by atoms with Crippen LogP contribution in [-0.4, -0.2) is 18.3 Å². The maximum atomic E-state index is 6.03. The summed E-state index contributed by atoms with van der Waals surface area (Å²) in [5.74, 6) is 0.611. The summed E-state index contributed by atoms with van der Waals surface area (Å²) in [6.07, 6.45) is 4.69. The van der Waals surface area contributed by atoms with Gasteiger partial charge in [0.25, 0.3) is 0 Å². The number of rotatable bonds is 1. The summed E-state index contributed by atoms with van der Waals surface area (Å²) in [4.78, 5) is 0. The summed E-state index contributed by atoms with van der Waals surface area (Å²) in [6.45, 7) is 10.7. The van der Waals surface area contributed by atoms with Crippen LogP contribution >= 0.6 is 0 Å². The lowest BCUT2D eigenvalue weighted by molar-refractivity contribution is 0.00578. The molecule has 2 nitrogen and oxygen atoms in total. The molecule has 3 heteroatoms. The molecule has 1 heterocycles. The van der Waals surface area contributed by atoms with Crippen molar-refractivity contribution in [1.82, 2.24) is 0 Å². The lowest BCUT2D eigenvalue weighted by Crippen LogP contribution is -2.41. The highest BCUT2D eigenvalue weighted by atomic mass is 16.7. The molecule has 84 valence electrons. The Kier molecular flexibility index (Phi) is 2.51. The Balaban J connectivity index is 2.16. The first-order valence-electron chi connectivity index (χ1n) is 5.89. The van der Waals surface area contributed by atoms with Gasteiger partial charge in [-0.25, -0.2) is 0 Å². The first kappa shape index (κ1) is 11.2. The van der Waals surface area contributed by atoms with E-state index in [1.807, 2.05) is 0 Å². The molecular weight excluding hydrogens is 187 g/mol. The van der Waals surface area contributed by atoms with Crippen molar-refractivity contribution in [2.24, 2.45) is 5.92 Å². The third kappa shape index (κ3) is 1.76.